The quantitative estimate of drug-likeness (QED) is 0.770. The van der Waals surface area contributed by atoms with Crippen LogP contribution in [0.25, 0.3) is 0 Å². The number of rotatable bonds is 5. The monoisotopic (exact) mass is 292 g/mol. The predicted octanol–water partition coefficient (Wildman–Crippen LogP) is 1.70. The molecule has 1 heterocycles. The van der Waals surface area contributed by atoms with Crippen LogP contribution in [0.2, 0.25) is 0 Å². The largest absolute Gasteiger partial charge is 0.384 e. The van der Waals surface area contributed by atoms with E-state index in [1.54, 1.807) is 0 Å². The fourth-order valence-corrected chi connectivity index (χ4v) is 3.23. The molecule has 0 spiro atoms. The number of anilines is 1. The van der Waals surface area contributed by atoms with Crippen molar-refractivity contribution in [2.24, 2.45) is 0 Å². The molecule has 2 aliphatic rings. The summed E-state index contributed by atoms with van der Waals surface area (Å²) < 4.78 is 5.68. The molecule has 2 fully saturated rings. The number of aromatic amines is 1. The third-order valence-corrected chi connectivity index (χ3v) is 4.54. The number of nitrogens with zero attached hydrogens (tertiary/aromatic N) is 1. The summed E-state index contributed by atoms with van der Waals surface area (Å²) in [6, 6.07) is 2.12. The van der Waals surface area contributed by atoms with E-state index in [9.17, 15) is 4.79 Å². The van der Waals surface area contributed by atoms with Gasteiger partial charge in [-0.2, -0.15) is 5.10 Å². The van der Waals surface area contributed by atoms with Crippen LogP contribution in [0.5, 0.6) is 0 Å². The van der Waals surface area contributed by atoms with Crippen molar-refractivity contribution in [2.75, 3.05) is 12.3 Å². The van der Waals surface area contributed by atoms with E-state index in [4.69, 9.17) is 10.5 Å². The van der Waals surface area contributed by atoms with E-state index in [-0.39, 0.29) is 24.7 Å². The molecular formula is C15H24N4O2. The van der Waals surface area contributed by atoms with Gasteiger partial charge in [0.05, 0.1) is 11.8 Å². The van der Waals surface area contributed by atoms with Crippen molar-refractivity contribution in [3.8, 4) is 0 Å². The maximum Gasteiger partial charge on any atom is 0.246 e. The SMILES string of the molecule is Nc1cc([C@H]2C[C@@H](NC(=O)COC3CCCCC3)C2)n[nH]1. The van der Waals surface area contributed by atoms with Crippen LogP contribution in [0.1, 0.15) is 56.6 Å². The van der Waals surface area contributed by atoms with Crippen molar-refractivity contribution in [3.05, 3.63) is 11.8 Å². The molecule has 1 amide bonds. The zero-order chi connectivity index (χ0) is 14.7. The highest BCUT2D eigenvalue weighted by Crippen LogP contribution is 2.36. The Morgan fingerprint density at radius 1 is 1.38 bits per heavy atom. The van der Waals surface area contributed by atoms with E-state index in [2.05, 4.69) is 15.5 Å². The minimum absolute atomic E-state index is 0.00515. The van der Waals surface area contributed by atoms with Crippen LogP contribution in [0, 0.1) is 0 Å². The summed E-state index contributed by atoms with van der Waals surface area (Å²) in [6.07, 6.45) is 8.09. The predicted molar refractivity (Wildman–Crippen MR) is 79.7 cm³/mol. The molecule has 0 saturated heterocycles. The number of carbonyl (C=O) groups is 1. The smallest absolute Gasteiger partial charge is 0.246 e. The first-order chi connectivity index (χ1) is 10.2. The summed E-state index contributed by atoms with van der Waals surface area (Å²) in [5, 5.41) is 9.94. The van der Waals surface area contributed by atoms with Gasteiger partial charge in [0.15, 0.2) is 0 Å². The number of amides is 1. The normalized spacial score (nSPS) is 26.3. The van der Waals surface area contributed by atoms with Crippen LogP contribution >= 0.6 is 0 Å². The van der Waals surface area contributed by atoms with Gasteiger partial charge in [0.1, 0.15) is 12.4 Å². The lowest BCUT2D eigenvalue weighted by atomic mass is 9.78. The van der Waals surface area contributed by atoms with E-state index in [0.717, 1.165) is 31.4 Å². The molecule has 21 heavy (non-hydrogen) atoms. The second-order valence-electron chi connectivity index (χ2n) is 6.25. The molecule has 2 saturated carbocycles. The van der Waals surface area contributed by atoms with Gasteiger partial charge in [0, 0.05) is 18.0 Å². The zero-order valence-electron chi connectivity index (χ0n) is 12.3. The number of ether oxygens (including phenoxy) is 1. The molecule has 0 aromatic carbocycles. The van der Waals surface area contributed by atoms with Gasteiger partial charge in [-0.1, -0.05) is 19.3 Å². The van der Waals surface area contributed by atoms with E-state index in [0.29, 0.717) is 11.7 Å². The van der Waals surface area contributed by atoms with Crippen molar-refractivity contribution in [3.63, 3.8) is 0 Å². The minimum Gasteiger partial charge on any atom is -0.384 e. The van der Waals surface area contributed by atoms with Gasteiger partial charge < -0.3 is 15.8 Å². The molecule has 6 heteroatoms. The molecule has 1 aromatic heterocycles. The molecule has 116 valence electrons. The van der Waals surface area contributed by atoms with E-state index >= 15 is 0 Å². The third-order valence-electron chi connectivity index (χ3n) is 4.54. The average Bonchev–Trinajstić information content (AvgIpc) is 2.87. The van der Waals surface area contributed by atoms with Crippen LogP contribution in [0.3, 0.4) is 0 Å². The van der Waals surface area contributed by atoms with Crippen LogP contribution in [0.15, 0.2) is 6.07 Å². The Kier molecular flexibility index (Phi) is 4.43. The summed E-state index contributed by atoms with van der Waals surface area (Å²) >= 11 is 0. The summed E-state index contributed by atoms with van der Waals surface area (Å²) in [4.78, 5) is 11.9. The van der Waals surface area contributed by atoms with E-state index in [1.807, 2.05) is 6.07 Å². The van der Waals surface area contributed by atoms with Gasteiger partial charge in [-0.15, -0.1) is 0 Å². The molecule has 0 unspecified atom stereocenters. The third kappa shape index (κ3) is 3.75. The van der Waals surface area contributed by atoms with Gasteiger partial charge in [-0.25, -0.2) is 0 Å². The second kappa shape index (κ2) is 6.47. The van der Waals surface area contributed by atoms with Crippen molar-refractivity contribution >= 4 is 11.7 Å². The Balaban J connectivity index is 1.33. The molecule has 6 nitrogen and oxygen atoms in total. The maximum atomic E-state index is 11.9. The van der Waals surface area contributed by atoms with Crippen LogP contribution < -0.4 is 11.1 Å². The van der Waals surface area contributed by atoms with Crippen LogP contribution in [-0.2, 0) is 9.53 Å². The van der Waals surface area contributed by atoms with Crippen molar-refractivity contribution < 1.29 is 9.53 Å². The number of hydrogen-bond acceptors (Lipinski definition) is 4. The lowest BCUT2D eigenvalue weighted by molar-refractivity contribution is -0.129. The molecule has 2 aliphatic carbocycles. The Hall–Kier alpha value is -1.56. The topological polar surface area (TPSA) is 93.0 Å². The molecule has 0 radical (unpaired) electrons. The molecule has 4 N–H and O–H groups in total. The van der Waals surface area contributed by atoms with Gasteiger partial charge >= 0.3 is 0 Å². The number of H-pyrrole nitrogens is 1. The van der Waals surface area contributed by atoms with Crippen molar-refractivity contribution in [1.29, 1.82) is 0 Å². The summed E-state index contributed by atoms with van der Waals surface area (Å²) in [7, 11) is 0. The summed E-state index contributed by atoms with van der Waals surface area (Å²) in [6.45, 7) is 0.196. The number of aromatic nitrogens is 2. The van der Waals surface area contributed by atoms with Crippen LogP contribution in [0.4, 0.5) is 5.82 Å². The standard InChI is InChI=1S/C15H24N4O2/c16-14-8-13(18-19-14)10-6-11(7-10)17-15(20)9-21-12-4-2-1-3-5-12/h8,10-12H,1-7,9H2,(H,17,20)(H3,16,18,19)/t10-,11+. The van der Waals surface area contributed by atoms with E-state index in [1.165, 1.54) is 19.3 Å². The number of hydrogen-bond donors (Lipinski definition) is 3. The lowest BCUT2D eigenvalue weighted by Crippen LogP contribution is -2.45. The van der Waals surface area contributed by atoms with Crippen LogP contribution in [-0.4, -0.2) is 34.9 Å². The average molecular weight is 292 g/mol. The highest BCUT2D eigenvalue weighted by Gasteiger charge is 2.33. The number of nitrogens with one attached hydrogen (secondary N) is 2. The molecule has 0 bridgehead atoms. The number of carbonyl (C=O) groups excluding carboxylic acids is 1. The Labute approximate surface area is 124 Å². The fraction of sp³-hybridized carbons (Fsp3) is 0.733. The molecule has 0 atom stereocenters. The van der Waals surface area contributed by atoms with Gasteiger partial charge in [0.2, 0.25) is 5.91 Å². The van der Waals surface area contributed by atoms with Gasteiger partial charge in [-0.3, -0.25) is 9.89 Å². The van der Waals surface area contributed by atoms with Gasteiger partial charge in [0.25, 0.3) is 0 Å². The molecule has 1 aromatic rings. The number of nitrogen functional groups attached to an aromatic ring is 1. The second-order valence-corrected chi connectivity index (χ2v) is 6.25. The first-order valence-corrected chi connectivity index (χ1v) is 7.92. The van der Waals surface area contributed by atoms with E-state index < -0.39 is 0 Å². The Morgan fingerprint density at radius 2 is 2.14 bits per heavy atom. The number of nitrogens with two attached hydrogens (primary N) is 1. The van der Waals surface area contributed by atoms with Crippen molar-refractivity contribution in [1.82, 2.24) is 15.5 Å². The molecule has 0 aliphatic heterocycles. The summed E-state index contributed by atoms with van der Waals surface area (Å²) in [5.74, 6) is 1.01. The van der Waals surface area contributed by atoms with Crippen molar-refractivity contribution in [2.45, 2.75) is 63.0 Å². The minimum atomic E-state index is 0.00515. The Morgan fingerprint density at radius 3 is 2.81 bits per heavy atom. The zero-order valence-corrected chi connectivity index (χ0v) is 12.3. The highest BCUT2D eigenvalue weighted by molar-refractivity contribution is 5.77. The van der Waals surface area contributed by atoms with Gasteiger partial charge in [-0.05, 0) is 25.7 Å². The first-order valence-electron chi connectivity index (χ1n) is 7.92. The molecular weight excluding hydrogens is 268 g/mol. The molecule has 3 rings (SSSR count). The first kappa shape index (κ1) is 14.4. The Bertz CT molecular complexity index is 476. The highest BCUT2D eigenvalue weighted by atomic mass is 16.5. The lowest BCUT2D eigenvalue weighted by Gasteiger charge is -2.34. The maximum absolute atomic E-state index is 11.9. The fourth-order valence-electron chi connectivity index (χ4n) is 3.23. The summed E-state index contributed by atoms with van der Waals surface area (Å²) in [5.41, 5.74) is 6.61.